The Labute approximate surface area is 166 Å². The second-order valence-corrected chi connectivity index (χ2v) is 8.06. The molecule has 1 aliphatic rings. The Bertz CT molecular complexity index is 982. The van der Waals surface area contributed by atoms with Crippen LogP contribution in [-0.4, -0.2) is 52.0 Å². The van der Waals surface area contributed by atoms with Crippen LogP contribution in [0.1, 0.15) is 0 Å². The lowest BCUT2D eigenvalue weighted by molar-refractivity contribution is -0.116. The highest BCUT2D eigenvalue weighted by atomic mass is 32.2. The van der Waals surface area contributed by atoms with Crippen LogP contribution in [-0.2, 0) is 14.8 Å². The van der Waals surface area contributed by atoms with Gasteiger partial charge in [0.15, 0.2) is 11.5 Å². The molecule has 2 aromatic carbocycles. The summed E-state index contributed by atoms with van der Waals surface area (Å²) in [5.74, 6) is 0.114. The molecule has 1 aliphatic heterocycles. The maximum Gasteiger partial charge on any atom is 0.387 e. The Hall–Kier alpha value is -2.92. The lowest BCUT2D eigenvalue weighted by atomic mass is 10.3. The molecule has 0 saturated heterocycles. The quantitative estimate of drug-likeness (QED) is 0.728. The summed E-state index contributed by atoms with van der Waals surface area (Å²) in [5, 5.41) is 2.49. The number of benzene rings is 2. The Balaban J connectivity index is 1.64. The first kappa shape index (κ1) is 20.8. The molecule has 0 spiro atoms. The highest BCUT2D eigenvalue weighted by Crippen LogP contribution is 2.33. The Kier molecular flexibility index (Phi) is 6.18. The number of amides is 1. The van der Waals surface area contributed by atoms with Gasteiger partial charge in [-0.1, -0.05) is 0 Å². The Morgan fingerprint density at radius 2 is 1.79 bits per heavy atom. The van der Waals surface area contributed by atoms with Crippen LogP contribution >= 0.6 is 0 Å². The van der Waals surface area contributed by atoms with Gasteiger partial charge in [-0.25, -0.2) is 8.42 Å². The summed E-state index contributed by atoms with van der Waals surface area (Å²) in [6, 6.07) is 9.47. The van der Waals surface area contributed by atoms with E-state index in [0.29, 0.717) is 30.4 Å². The molecule has 1 heterocycles. The van der Waals surface area contributed by atoms with Gasteiger partial charge in [0, 0.05) is 18.8 Å². The summed E-state index contributed by atoms with van der Waals surface area (Å²) in [6.45, 7) is -2.70. The van der Waals surface area contributed by atoms with Gasteiger partial charge in [-0.3, -0.25) is 4.79 Å². The second-order valence-electron chi connectivity index (χ2n) is 6.02. The molecule has 156 valence electrons. The number of nitrogens with one attached hydrogen (secondary N) is 1. The van der Waals surface area contributed by atoms with Gasteiger partial charge in [0.25, 0.3) is 0 Å². The van der Waals surface area contributed by atoms with Crippen molar-refractivity contribution in [3.63, 3.8) is 0 Å². The predicted octanol–water partition coefficient (Wildman–Crippen LogP) is 2.32. The number of ether oxygens (including phenoxy) is 3. The van der Waals surface area contributed by atoms with E-state index in [0.717, 1.165) is 4.31 Å². The molecule has 0 atom stereocenters. The van der Waals surface area contributed by atoms with E-state index >= 15 is 0 Å². The number of hydrogen-bond acceptors (Lipinski definition) is 6. The van der Waals surface area contributed by atoms with Crippen LogP contribution in [0.25, 0.3) is 0 Å². The maximum atomic E-state index is 12.7. The maximum absolute atomic E-state index is 12.7. The summed E-state index contributed by atoms with van der Waals surface area (Å²) in [4.78, 5) is 12.1. The zero-order valence-electron chi connectivity index (χ0n) is 15.3. The molecular weight excluding hydrogens is 410 g/mol. The molecule has 1 N–H and O–H groups in total. The fraction of sp³-hybridized carbons (Fsp3) is 0.278. The zero-order valence-corrected chi connectivity index (χ0v) is 16.1. The van der Waals surface area contributed by atoms with Gasteiger partial charge in [-0.05, 0) is 36.4 Å². The van der Waals surface area contributed by atoms with E-state index in [-0.39, 0.29) is 10.6 Å². The number of rotatable bonds is 7. The molecule has 29 heavy (non-hydrogen) atoms. The molecule has 0 radical (unpaired) electrons. The molecule has 1 amide bonds. The topological polar surface area (TPSA) is 94.2 Å². The van der Waals surface area contributed by atoms with Crippen LogP contribution in [0.5, 0.6) is 17.2 Å². The van der Waals surface area contributed by atoms with Crippen LogP contribution in [0.3, 0.4) is 0 Å². The van der Waals surface area contributed by atoms with Crippen LogP contribution in [0.4, 0.5) is 14.5 Å². The first-order chi connectivity index (χ1) is 13.8. The molecule has 0 aromatic heterocycles. The van der Waals surface area contributed by atoms with Gasteiger partial charge in [0.2, 0.25) is 15.9 Å². The molecule has 2 aromatic rings. The van der Waals surface area contributed by atoms with Gasteiger partial charge >= 0.3 is 6.61 Å². The van der Waals surface area contributed by atoms with Crippen LogP contribution in [0, 0.1) is 0 Å². The molecule has 11 heteroatoms. The third-order valence-corrected chi connectivity index (χ3v) is 5.75. The number of sulfonamides is 1. The van der Waals surface area contributed by atoms with E-state index in [2.05, 4.69) is 10.1 Å². The van der Waals surface area contributed by atoms with Crippen molar-refractivity contribution in [3.8, 4) is 17.2 Å². The number of nitrogens with zero attached hydrogens (tertiary/aromatic N) is 1. The summed E-state index contributed by atoms with van der Waals surface area (Å²) < 4.78 is 65.6. The summed E-state index contributed by atoms with van der Waals surface area (Å²) >= 11 is 0. The smallest absolute Gasteiger partial charge is 0.387 e. The minimum Gasteiger partial charge on any atom is -0.486 e. The minimum atomic E-state index is -3.95. The first-order valence-electron chi connectivity index (χ1n) is 8.46. The van der Waals surface area contributed by atoms with Crippen molar-refractivity contribution in [2.24, 2.45) is 0 Å². The highest BCUT2D eigenvalue weighted by molar-refractivity contribution is 7.89. The number of anilines is 1. The average Bonchev–Trinajstić information content (AvgIpc) is 2.68. The third kappa shape index (κ3) is 5.12. The van der Waals surface area contributed by atoms with Crippen molar-refractivity contribution in [1.29, 1.82) is 0 Å². The monoisotopic (exact) mass is 428 g/mol. The number of carbonyl (C=O) groups is 1. The third-order valence-electron chi connectivity index (χ3n) is 3.95. The van der Waals surface area contributed by atoms with Crippen LogP contribution in [0.2, 0.25) is 0 Å². The molecule has 8 nitrogen and oxygen atoms in total. The Morgan fingerprint density at radius 3 is 2.45 bits per heavy atom. The van der Waals surface area contributed by atoms with E-state index in [9.17, 15) is 22.0 Å². The highest BCUT2D eigenvalue weighted by Gasteiger charge is 2.25. The number of fused-ring (bicyclic) bond motifs is 1. The zero-order chi connectivity index (χ0) is 21.0. The Morgan fingerprint density at radius 1 is 1.14 bits per heavy atom. The first-order valence-corrected chi connectivity index (χ1v) is 9.90. The summed E-state index contributed by atoms with van der Waals surface area (Å²) in [5.41, 5.74) is 0.307. The molecule has 0 saturated carbocycles. The van der Waals surface area contributed by atoms with Gasteiger partial charge in [0.05, 0.1) is 11.4 Å². The van der Waals surface area contributed by atoms with Gasteiger partial charge in [-0.2, -0.15) is 13.1 Å². The number of hydrogen-bond donors (Lipinski definition) is 1. The SMILES string of the molecule is CN(CC(=O)Nc1ccc(OC(F)F)cc1)S(=O)(=O)c1ccc2c(c1)OCCO2. The van der Waals surface area contributed by atoms with Gasteiger partial charge < -0.3 is 19.5 Å². The number of likely N-dealkylation sites (N-methyl/N-ethyl adjacent to an activating group) is 1. The number of alkyl halides is 2. The lowest BCUT2D eigenvalue weighted by Crippen LogP contribution is -2.35. The van der Waals surface area contributed by atoms with Crippen LogP contribution in [0.15, 0.2) is 47.4 Å². The molecule has 3 rings (SSSR count). The lowest BCUT2D eigenvalue weighted by Gasteiger charge is -2.21. The second kappa shape index (κ2) is 8.62. The fourth-order valence-corrected chi connectivity index (χ4v) is 3.71. The molecule has 0 fully saturated rings. The fourth-order valence-electron chi connectivity index (χ4n) is 2.57. The largest absolute Gasteiger partial charge is 0.486 e. The van der Waals surface area contributed by atoms with Gasteiger partial charge in [-0.15, -0.1) is 0 Å². The van der Waals surface area contributed by atoms with E-state index in [1.807, 2.05) is 0 Å². The molecule has 0 bridgehead atoms. The molecular formula is C18H18F2N2O6S. The summed E-state index contributed by atoms with van der Waals surface area (Å²) in [7, 11) is -2.68. The molecule has 0 aliphatic carbocycles. The predicted molar refractivity (Wildman–Crippen MR) is 99.0 cm³/mol. The minimum absolute atomic E-state index is 0.0365. The van der Waals surface area contributed by atoms with Crippen molar-refractivity contribution in [2.75, 3.05) is 32.1 Å². The number of halogens is 2. The molecule has 0 unspecified atom stereocenters. The van der Waals surface area contributed by atoms with E-state index in [4.69, 9.17) is 9.47 Å². The normalized spacial score (nSPS) is 13.4. The van der Waals surface area contributed by atoms with Crippen LogP contribution < -0.4 is 19.5 Å². The van der Waals surface area contributed by atoms with E-state index < -0.39 is 29.1 Å². The van der Waals surface area contributed by atoms with Crippen molar-refractivity contribution in [2.45, 2.75) is 11.5 Å². The van der Waals surface area contributed by atoms with Crippen molar-refractivity contribution >= 4 is 21.6 Å². The van der Waals surface area contributed by atoms with E-state index in [1.165, 1.54) is 49.5 Å². The summed E-state index contributed by atoms with van der Waals surface area (Å²) in [6.07, 6.45) is 0. The van der Waals surface area contributed by atoms with Crippen molar-refractivity contribution in [1.82, 2.24) is 4.31 Å². The average molecular weight is 428 g/mol. The van der Waals surface area contributed by atoms with E-state index in [1.54, 1.807) is 0 Å². The standard InChI is InChI=1S/C18H18F2N2O6S/c1-22(11-17(23)21-12-2-4-13(5-3-12)28-18(19)20)29(24,25)14-6-7-15-16(10-14)27-9-8-26-15/h2-7,10,18H,8-9,11H2,1H3,(H,21,23). The van der Waals surface area contributed by atoms with Gasteiger partial charge in [0.1, 0.15) is 19.0 Å². The van der Waals surface area contributed by atoms with Crippen molar-refractivity contribution < 1.29 is 36.2 Å². The number of carbonyl (C=O) groups excluding carboxylic acids is 1. The van der Waals surface area contributed by atoms with Crippen molar-refractivity contribution in [3.05, 3.63) is 42.5 Å².